The minimum Gasteiger partial charge on any atom is -0.497 e. The van der Waals surface area contributed by atoms with Crippen LogP contribution in [0.4, 0.5) is 0 Å². The number of carbonyl (C=O) groups is 2. The second kappa shape index (κ2) is 9.12. The van der Waals surface area contributed by atoms with Crippen molar-refractivity contribution in [1.29, 1.82) is 0 Å². The van der Waals surface area contributed by atoms with Gasteiger partial charge in [-0.25, -0.2) is 9.79 Å². The number of benzene rings is 1. The van der Waals surface area contributed by atoms with E-state index in [0.29, 0.717) is 48.3 Å². The molecule has 0 N–H and O–H groups in total. The van der Waals surface area contributed by atoms with E-state index in [9.17, 15) is 9.59 Å². The van der Waals surface area contributed by atoms with Crippen LogP contribution in [0, 0.1) is 5.92 Å². The van der Waals surface area contributed by atoms with Gasteiger partial charge in [0.25, 0.3) is 0 Å². The predicted octanol–water partition coefficient (Wildman–Crippen LogP) is 3.34. The molecule has 0 bridgehead atoms. The number of hydrogen-bond donors (Lipinski definition) is 0. The first kappa shape index (κ1) is 21.4. The zero-order valence-corrected chi connectivity index (χ0v) is 18.5. The van der Waals surface area contributed by atoms with Crippen LogP contribution in [0.15, 0.2) is 41.2 Å². The largest absolute Gasteiger partial charge is 0.497 e. The summed E-state index contributed by atoms with van der Waals surface area (Å²) in [5.74, 6) is 1.13. The fourth-order valence-corrected chi connectivity index (χ4v) is 4.77. The van der Waals surface area contributed by atoms with E-state index < -0.39 is 5.97 Å². The number of hydrogen-bond acceptors (Lipinski definition) is 6. The SMILES string of the molecule is COc1cccc(C2=NC(=CN3CCN(C(=O)CC(C)C)C4CCCCC43)C(=O)O2)c1. The van der Waals surface area contributed by atoms with Crippen molar-refractivity contribution in [2.24, 2.45) is 10.9 Å². The summed E-state index contributed by atoms with van der Waals surface area (Å²) in [6, 6.07) is 7.73. The van der Waals surface area contributed by atoms with E-state index in [2.05, 4.69) is 28.6 Å². The Bertz CT molecular complexity index is 908. The maximum absolute atomic E-state index is 12.8. The van der Waals surface area contributed by atoms with Crippen LogP contribution in [-0.2, 0) is 14.3 Å². The lowest BCUT2D eigenvalue weighted by Gasteiger charge is -2.50. The maximum atomic E-state index is 12.8. The van der Waals surface area contributed by atoms with Crippen molar-refractivity contribution in [2.75, 3.05) is 20.2 Å². The fourth-order valence-electron chi connectivity index (χ4n) is 4.77. The number of rotatable bonds is 5. The van der Waals surface area contributed by atoms with E-state index in [-0.39, 0.29) is 18.0 Å². The first-order chi connectivity index (χ1) is 15.0. The summed E-state index contributed by atoms with van der Waals surface area (Å²) < 4.78 is 10.7. The second-order valence-electron chi connectivity index (χ2n) is 8.89. The van der Waals surface area contributed by atoms with Gasteiger partial charge in [0.15, 0.2) is 5.70 Å². The minimum atomic E-state index is -0.441. The Morgan fingerprint density at radius 2 is 2.03 bits per heavy atom. The molecule has 2 heterocycles. The van der Waals surface area contributed by atoms with Crippen LogP contribution in [0.2, 0.25) is 0 Å². The van der Waals surface area contributed by atoms with E-state index >= 15 is 0 Å². The summed E-state index contributed by atoms with van der Waals surface area (Å²) in [4.78, 5) is 34.1. The van der Waals surface area contributed by atoms with Gasteiger partial charge in [-0.05, 0) is 37.0 Å². The summed E-state index contributed by atoms with van der Waals surface area (Å²) in [6.07, 6.45) is 6.72. The summed E-state index contributed by atoms with van der Waals surface area (Å²) in [5.41, 5.74) is 1.01. The van der Waals surface area contributed by atoms with Crippen LogP contribution in [0.1, 0.15) is 51.5 Å². The van der Waals surface area contributed by atoms with Gasteiger partial charge in [-0.3, -0.25) is 4.79 Å². The van der Waals surface area contributed by atoms with Crippen molar-refractivity contribution in [3.8, 4) is 5.75 Å². The van der Waals surface area contributed by atoms with Crippen molar-refractivity contribution < 1.29 is 19.1 Å². The first-order valence-electron chi connectivity index (χ1n) is 11.2. The van der Waals surface area contributed by atoms with Crippen LogP contribution >= 0.6 is 0 Å². The number of fused-ring (bicyclic) bond motifs is 1. The molecule has 1 aromatic rings. The smallest absolute Gasteiger partial charge is 0.365 e. The van der Waals surface area contributed by atoms with Crippen LogP contribution in [0.25, 0.3) is 0 Å². The number of piperazine rings is 1. The highest BCUT2D eigenvalue weighted by Gasteiger charge is 2.40. The summed E-state index contributed by atoms with van der Waals surface area (Å²) >= 11 is 0. The molecule has 3 aliphatic rings. The average molecular weight is 426 g/mol. The number of carbonyl (C=O) groups excluding carboxylic acids is 2. The molecular formula is C24H31N3O4. The lowest BCUT2D eigenvalue weighted by molar-refractivity contribution is -0.139. The van der Waals surface area contributed by atoms with E-state index in [1.807, 2.05) is 24.4 Å². The molecule has 0 radical (unpaired) electrons. The summed E-state index contributed by atoms with van der Waals surface area (Å²) in [5, 5.41) is 0. The molecular weight excluding hydrogens is 394 g/mol. The number of amides is 1. The molecule has 2 fully saturated rings. The molecule has 0 spiro atoms. The Labute approximate surface area is 183 Å². The lowest BCUT2D eigenvalue weighted by Crippen LogP contribution is -2.60. The molecule has 1 aliphatic carbocycles. The van der Waals surface area contributed by atoms with E-state index in [1.54, 1.807) is 13.2 Å². The van der Waals surface area contributed by atoms with E-state index in [4.69, 9.17) is 9.47 Å². The first-order valence-corrected chi connectivity index (χ1v) is 11.2. The molecule has 1 saturated heterocycles. The fraction of sp³-hybridized carbons (Fsp3) is 0.542. The Balaban J connectivity index is 1.54. The average Bonchev–Trinajstić information content (AvgIpc) is 3.13. The third-order valence-electron chi connectivity index (χ3n) is 6.25. The zero-order chi connectivity index (χ0) is 22.0. The van der Waals surface area contributed by atoms with E-state index in [1.165, 1.54) is 0 Å². The van der Waals surface area contributed by atoms with Crippen LogP contribution in [-0.4, -0.2) is 59.9 Å². The number of nitrogens with zero attached hydrogens (tertiary/aromatic N) is 3. The normalized spacial score (nSPS) is 24.8. The topological polar surface area (TPSA) is 71.4 Å². The summed E-state index contributed by atoms with van der Waals surface area (Å²) in [6.45, 7) is 5.55. The van der Waals surface area contributed by atoms with Gasteiger partial charge in [-0.1, -0.05) is 32.8 Å². The quantitative estimate of drug-likeness (QED) is 0.535. The predicted molar refractivity (Wildman–Crippen MR) is 118 cm³/mol. The molecule has 4 rings (SSSR count). The number of aliphatic imine (C=N–C) groups is 1. The maximum Gasteiger partial charge on any atom is 0.365 e. The number of methoxy groups -OCH3 is 1. The highest BCUT2D eigenvalue weighted by molar-refractivity contribution is 6.11. The van der Waals surface area contributed by atoms with Gasteiger partial charge in [0.1, 0.15) is 5.75 Å². The Hall–Kier alpha value is -2.83. The molecule has 1 saturated carbocycles. The van der Waals surface area contributed by atoms with Gasteiger partial charge in [-0.2, -0.15) is 0 Å². The zero-order valence-electron chi connectivity index (χ0n) is 18.5. The number of esters is 1. The Morgan fingerprint density at radius 1 is 1.26 bits per heavy atom. The van der Waals surface area contributed by atoms with Crippen LogP contribution in [0.5, 0.6) is 5.75 Å². The van der Waals surface area contributed by atoms with Gasteiger partial charge in [0.05, 0.1) is 13.2 Å². The molecule has 2 aliphatic heterocycles. The lowest BCUT2D eigenvalue weighted by atomic mass is 9.86. The van der Waals surface area contributed by atoms with Crippen LogP contribution in [0.3, 0.4) is 0 Å². The molecule has 1 aromatic carbocycles. The van der Waals surface area contributed by atoms with Gasteiger partial charge in [0.2, 0.25) is 11.8 Å². The Kier molecular flexibility index (Phi) is 6.30. The monoisotopic (exact) mass is 425 g/mol. The van der Waals surface area contributed by atoms with Crippen molar-refractivity contribution in [3.63, 3.8) is 0 Å². The van der Waals surface area contributed by atoms with Gasteiger partial charge < -0.3 is 19.3 Å². The van der Waals surface area contributed by atoms with E-state index in [0.717, 1.165) is 25.7 Å². The molecule has 7 heteroatoms. The second-order valence-corrected chi connectivity index (χ2v) is 8.89. The van der Waals surface area contributed by atoms with Crippen LogP contribution < -0.4 is 4.74 Å². The molecule has 0 aromatic heterocycles. The summed E-state index contributed by atoms with van der Waals surface area (Å²) in [7, 11) is 1.60. The van der Waals surface area contributed by atoms with Gasteiger partial charge in [0, 0.05) is 37.3 Å². The molecule has 2 atom stereocenters. The van der Waals surface area contributed by atoms with Crippen molar-refractivity contribution in [2.45, 2.75) is 58.0 Å². The number of cyclic esters (lactones) is 1. The van der Waals surface area contributed by atoms with Crippen molar-refractivity contribution >= 4 is 17.8 Å². The molecule has 2 unspecified atom stereocenters. The third-order valence-corrected chi connectivity index (χ3v) is 6.25. The van der Waals surface area contributed by atoms with Crippen molar-refractivity contribution in [3.05, 3.63) is 41.7 Å². The van der Waals surface area contributed by atoms with Gasteiger partial charge in [-0.15, -0.1) is 0 Å². The Morgan fingerprint density at radius 3 is 2.77 bits per heavy atom. The highest BCUT2D eigenvalue weighted by Crippen LogP contribution is 2.32. The molecule has 166 valence electrons. The molecule has 31 heavy (non-hydrogen) atoms. The van der Waals surface area contributed by atoms with Gasteiger partial charge >= 0.3 is 5.97 Å². The number of ether oxygens (including phenoxy) is 2. The molecule has 7 nitrogen and oxygen atoms in total. The molecule has 1 amide bonds. The van der Waals surface area contributed by atoms with Crippen molar-refractivity contribution in [1.82, 2.24) is 9.80 Å². The minimum absolute atomic E-state index is 0.199. The standard InChI is InChI=1S/C24H31N3O4/c1-16(2)13-22(28)27-12-11-26(20-9-4-5-10-21(20)27)15-19-24(29)31-23(25-19)17-7-6-8-18(14-17)30-3/h6-8,14-16,20-21H,4-5,9-13H2,1-3H3. The highest BCUT2D eigenvalue weighted by atomic mass is 16.6. The third kappa shape index (κ3) is 4.60.